The summed E-state index contributed by atoms with van der Waals surface area (Å²) in [5.41, 5.74) is 0. The van der Waals surface area contributed by atoms with Crippen LogP contribution in [0.25, 0.3) is 0 Å². The first-order valence-electron chi connectivity index (χ1n) is 6.25. The summed E-state index contributed by atoms with van der Waals surface area (Å²) in [7, 11) is 0. The smallest absolute Gasteiger partial charge is 0.330 e. The fraction of sp³-hybridized carbons (Fsp3) is 0.692. The van der Waals surface area contributed by atoms with Crippen LogP contribution >= 0.6 is 0 Å². The first-order valence-corrected chi connectivity index (χ1v) is 6.25. The van der Waals surface area contributed by atoms with Gasteiger partial charge >= 0.3 is 11.9 Å². The van der Waals surface area contributed by atoms with E-state index in [0.717, 1.165) is 6.08 Å². The molecule has 2 unspecified atom stereocenters. The Morgan fingerprint density at radius 3 is 2.84 bits per heavy atom. The molecule has 1 fully saturated rings. The molecular formula is C13H20O6. The Hall–Kier alpha value is -1.40. The van der Waals surface area contributed by atoms with Crippen LogP contribution in [0.3, 0.4) is 0 Å². The van der Waals surface area contributed by atoms with E-state index < -0.39 is 11.8 Å². The molecule has 0 aromatic heterocycles. The average Bonchev–Trinajstić information content (AvgIpc) is 2.76. The Morgan fingerprint density at radius 1 is 1.47 bits per heavy atom. The van der Waals surface area contributed by atoms with Gasteiger partial charge in [0.15, 0.2) is 5.79 Å². The largest absolute Gasteiger partial charge is 0.466 e. The Bertz CT molecular complexity index is 340. The maximum Gasteiger partial charge on any atom is 0.330 e. The molecule has 0 saturated carbocycles. The average molecular weight is 272 g/mol. The van der Waals surface area contributed by atoms with Crippen molar-refractivity contribution < 1.29 is 28.5 Å². The predicted molar refractivity (Wildman–Crippen MR) is 66.3 cm³/mol. The van der Waals surface area contributed by atoms with Crippen molar-refractivity contribution in [1.82, 2.24) is 0 Å². The maximum absolute atomic E-state index is 11.3. The van der Waals surface area contributed by atoms with Crippen LogP contribution in [0.15, 0.2) is 12.7 Å². The van der Waals surface area contributed by atoms with Gasteiger partial charge in [-0.1, -0.05) is 6.58 Å². The molecule has 0 aliphatic carbocycles. The van der Waals surface area contributed by atoms with E-state index in [1.54, 1.807) is 13.8 Å². The van der Waals surface area contributed by atoms with E-state index in [1.807, 2.05) is 0 Å². The number of hydrogen-bond acceptors (Lipinski definition) is 6. The second-order valence-electron chi connectivity index (χ2n) is 4.32. The van der Waals surface area contributed by atoms with Gasteiger partial charge in [0.1, 0.15) is 12.7 Å². The highest BCUT2D eigenvalue weighted by Crippen LogP contribution is 2.28. The van der Waals surface area contributed by atoms with E-state index in [9.17, 15) is 9.59 Å². The second kappa shape index (κ2) is 7.25. The van der Waals surface area contributed by atoms with Gasteiger partial charge in [-0.15, -0.1) is 0 Å². The highest BCUT2D eigenvalue weighted by atomic mass is 16.7. The summed E-state index contributed by atoms with van der Waals surface area (Å²) in [6.07, 6.45) is 1.40. The fourth-order valence-corrected chi connectivity index (χ4v) is 1.70. The normalized spacial score (nSPS) is 25.9. The van der Waals surface area contributed by atoms with Gasteiger partial charge in [0.25, 0.3) is 0 Å². The van der Waals surface area contributed by atoms with Crippen LogP contribution in [0.1, 0.15) is 26.7 Å². The molecule has 19 heavy (non-hydrogen) atoms. The van der Waals surface area contributed by atoms with E-state index in [1.165, 1.54) is 0 Å². The van der Waals surface area contributed by atoms with Crippen LogP contribution in [0.2, 0.25) is 0 Å². The summed E-state index contributed by atoms with van der Waals surface area (Å²) in [6.45, 7) is 7.60. The zero-order valence-corrected chi connectivity index (χ0v) is 11.3. The van der Waals surface area contributed by atoms with Crippen molar-refractivity contribution in [1.29, 1.82) is 0 Å². The minimum absolute atomic E-state index is 0.111. The van der Waals surface area contributed by atoms with E-state index in [-0.39, 0.29) is 25.1 Å². The van der Waals surface area contributed by atoms with Crippen LogP contribution in [-0.4, -0.2) is 43.7 Å². The molecule has 0 aromatic carbocycles. The van der Waals surface area contributed by atoms with Crippen molar-refractivity contribution in [3.05, 3.63) is 12.7 Å². The summed E-state index contributed by atoms with van der Waals surface area (Å²) in [5.74, 6) is -1.61. The van der Waals surface area contributed by atoms with Crippen LogP contribution in [0.5, 0.6) is 0 Å². The fourth-order valence-electron chi connectivity index (χ4n) is 1.70. The number of hydrogen-bond donors (Lipinski definition) is 0. The third-order valence-electron chi connectivity index (χ3n) is 2.66. The van der Waals surface area contributed by atoms with Gasteiger partial charge in [-0.05, 0) is 13.8 Å². The quantitative estimate of drug-likeness (QED) is 0.512. The molecule has 0 aromatic rings. The van der Waals surface area contributed by atoms with E-state index >= 15 is 0 Å². The summed E-state index contributed by atoms with van der Waals surface area (Å²) < 4.78 is 20.8. The van der Waals surface area contributed by atoms with Gasteiger partial charge < -0.3 is 18.9 Å². The van der Waals surface area contributed by atoms with Gasteiger partial charge in [-0.25, -0.2) is 4.79 Å². The lowest BCUT2D eigenvalue weighted by molar-refractivity contribution is -0.173. The first kappa shape index (κ1) is 15.7. The van der Waals surface area contributed by atoms with Crippen molar-refractivity contribution in [2.75, 3.05) is 19.8 Å². The molecule has 1 heterocycles. The zero-order valence-electron chi connectivity index (χ0n) is 11.3. The molecule has 1 rings (SSSR count). The third kappa shape index (κ3) is 5.40. The molecule has 1 saturated heterocycles. The second-order valence-corrected chi connectivity index (χ2v) is 4.32. The number of ether oxygens (including phenoxy) is 4. The number of esters is 2. The molecule has 1 aliphatic rings. The van der Waals surface area contributed by atoms with Crippen LogP contribution in [-0.2, 0) is 28.5 Å². The molecule has 6 nitrogen and oxygen atoms in total. The van der Waals surface area contributed by atoms with Gasteiger partial charge in [-0.2, -0.15) is 0 Å². The Morgan fingerprint density at radius 2 is 2.21 bits per heavy atom. The standard InChI is InChI=1S/C13H20O6/c1-4-11(14)17-8-10-9-18-13(3,19-10)7-6-12(15)16-5-2/h4,10H,1,5-9H2,2-3H3. The molecule has 0 radical (unpaired) electrons. The highest BCUT2D eigenvalue weighted by Gasteiger charge is 2.37. The summed E-state index contributed by atoms with van der Waals surface area (Å²) in [4.78, 5) is 22.2. The molecule has 6 heteroatoms. The number of rotatable bonds is 7. The third-order valence-corrected chi connectivity index (χ3v) is 2.66. The lowest BCUT2D eigenvalue weighted by Gasteiger charge is -2.22. The Labute approximate surface area is 112 Å². The molecule has 0 bridgehead atoms. The molecule has 0 amide bonds. The van der Waals surface area contributed by atoms with Crippen molar-refractivity contribution in [3.8, 4) is 0 Å². The maximum atomic E-state index is 11.3. The summed E-state index contributed by atoms with van der Waals surface area (Å²) in [5, 5.41) is 0. The van der Waals surface area contributed by atoms with Crippen LogP contribution in [0, 0.1) is 0 Å². The van der Waals surface area contributed by atoms with E-state index in [2.05, 4.69) is 6.58 Å². The van der Waals surface area contributed by atoms with Crippen molar-refractivity contribution in [2.45, 2.75) is 38.6 Å². The molecule has 0 spiro atoms. The molecule has 1 aliphatic heterocycles. The summed E-state index contributed by atoms with van der Waals surface area (Å²) in [6, 6.07) is 0. The molecule has 0 N–H and O–H groups in total. The van der Waals surface area contributed by atoms with Gasteiger partial charge in [0.05, 0.1) is 19.6 Å². The molecule has 108 valence electrons. The van der Waals surface area contributed by atoms with E-state index in [0.29, 0.717) is 19.6 Å². The van der Waals surface area contributed by atoms with Crippen LogP contribution in [0.4, 0.5) is 0 Å². The lowest BCUT2D eigenvalue weighted by Crippen LogP contribution is -2.29. The topological polar surface area (TPSA) is 71.1 Å². The van der Waals surface area contributed by atoms with Gasteiger partial charge in [0.2, 0.25) is 0 Å². The Balaban J connectivity index is 2.30. The lowest BCUT2D eigenvalue weighted by atomic mass is 10.2. The first-order chi connectivity index (χ1) is 8.99. The van der Waals surface area contributed by atoms with Crippen LogP contribution < -0.4 is 0 Å². The summed E-state index contributed by atoms with van der Waals surface area (Å²) >= 11 is 0. The number of carbonyl (C=O) groups excluding carboxylic acids is 2. The molecule has 2 atom stereocenters. The van der Waals surface area contributed by atoms with Crippen molar-refractivity contribution in [3.63, 3.8) is 0 Å². The SMILES string of the molecule is C=CC(=O)OCC1COC(C)(CCC(=O)OCC)O1. The van der Waals surface area contributed by atoms with Crippen molar-refractivity contribution >= 4 is 11.9 Å². The number of carbonyl (C=O) groups is 2. The van der Waals surface area contributed by atoms with Gasteiger partial charge in [0, 0.05) is 12.5 Å². The Kier molecular flexibility index (Phi) is 5.98. The predicted octanol–water partition coefficient (Wildman–Crippen LogP) is 1.19. The van der Waals surface area contributed by atoms with Gasteiger partial charge in [-0.3, -0.25) is 4.79 Å². The zero-order chi connectivity index (χ0) is 14.3. The molecular weight excluding hydrogens is 252 g/mol. The highest BCUT2D eigenvalue weighted by molar-refractivity contribution is 5.81. The van der Waals surface area contributed by atoms with E-state index in [4.69, 9.17) is 18.9 Å². The van der Waals surface area contributed by atoms with Crippen molar-refractivity contribution in [2.24, 2.45) is 0 Å². The monoisotopic (exact) mass is 272 g/mol. The minimum atomic E-state index is -0.835. The minimum Gasteiger partial charge on any atom is -0.466 e.